The quantitative estimate of drug-likeness (QED) is 0.0208. The molecule has 0 bridgehead atoms. The first-order valence-electron chi connectivity index (χ1n) is 24.0. The molecule has 7 N–H and O–H groups in total. The van der Waals surface area contributed by atoms with Gasteiger partial charge in [0.1, 0.15) is 54.9 Å². The molecule has 0 saturated carbocycles. The fourth-order valence-corrected chi connectivity index (χ4v) is 7.06. The molecule has 0 amide bonds. The van der Waals surface area contributed by atoms with Crippen LogP contribution in [0.5, 0.6) is 0 Å². The zero-order valence-corrected chi connectivity index (χ0v) is 38.7. The fourth-order valence-electron chi connectivity index (χ4n) is 7.06. The number of aliphatic hydroxyl groups excluding tert-OH is 7. The number of aliphatic hydroxyl groups is 7. The molecule has 0 radical (unpaired) electrons. The summed E-state index contributed by atoms with van der Waals surface area (Å²) in [5.74, 6) is -0.508. The lowest BCUT2D eigenvalue weighted by molar-refractivity contribution is -0.332. The van der Waals surface area contributed by atoms with Crippen molar-refractivity contribution in [3.8, 4) is 0 Å². The van der Waals surface area contributed by atoms with Gasteiger partial charge in [-0.05, 0) is 64.2 Å². The molecule has 368 valence electrons. The van der Waals surface area contributed by atoms with Crippen LogP contribution in [-0.4, -0.2) is 142 Å². The number of hydrogen-bond donors (Lipinski definition) is 7. The van der Waals surface area contributed by atoms with Crippen LogP contribution in [0, 0.1) is 0 Å². The van der Waals surface area contributed by atoms with E-state index in [4.69, 9.17) is 28.4 Å². The molecule has 11 unspecified atom stereocenters. The predicted octanol–water partition coefficient (Wildman–Crippen LogP) is 6.34. The maximum Gasteiger partial charge on any atom is 0.310 e. The average molecular weight is 909 g/mol. The number of hydrogen-bond acceptors (Lipinski definition) is 14. The molecule has 2 aliphatic rings. The first-order chi connectivity index (χ1) is 31.1. The maximum atomic E-state index is 12.9. The average Bonchev–Trinajstić information content (AvgIpc) is 3.29. The van der Waals surface area contributed by atoms with Crippen molar-refractivity contribution in [3.05, 3.63) is 72.9 Å². The van der Waals surface area contributed by atoms with Gasteiger partial charge in [-0.25, -0.2) is 0 Å². The highest BCUT2D eigenvalue weighted by atomic mass is 16.7. The van der Waals surface area contributed by atoms with E-state index in [0.717, 1.165) is 57.8 Å². The Morgan fingerprint density at radius 1 is 0.531 bits per heavy atom. The fraction of sp³-hybridized carbons (Fsp3) is 0.740. The molecule has 2 fully saturated rings. The number of carbonyl (C=O) groups excluding carboxylic acids is 1. The monoisotopic (exact) mass is 909 g/mol. The third-order valence-electron chi connectivity index (χ3n) is 11.0. The second kappa shape index (κ2) is 37.5. The van der Waals surface area contributed by atoms with Gasteiger partial charge in [0.15, 0.2) is 12.6 Å². The topological polar surface area (TPSA) is 214 Å². The minimum atomic E-state index is -1.73. The number of allylic oxidation sites excluding steroid dienone is 11. The third-order valence-corrected chi connectivity index (χ3v) is 11.0. The molecule has 11 atom stereocenters. The molecule has 2 saturated heterocycles. The summed E-state index contributed by atoms with van der Waals surface area (Å²) in [4.78, 5) is 12.9. The summed E-state index contributed by atoms with van der Waals surface area (Å²) < 4.78 is 34.0. The van der Waals surface area contributed by atoms with Crippen LogP contribution in [0.25, 0.3) is 0 Å². The summed E-state index contributed by atoms with van der Waals surface area (Å²) >= 11 is 0. The first-order valence-corrected chi connectivity index (χ1v) is 24.0. The van der Waals surface area contributed by atoms with E-state index in [1.165, 1.54) is 51.4 Å². The largest absolute Gasteiger partial charge is 0.457 e. The van der Waals surface area contributed by atoms with E-state index in [1.54, 1.807) is 6.08 Å². The Bertz CT molecular complexity index is 1330. The van der Waals surface area contributed by atoms with Gasteiger partial charge in [-0.15, -0.1) is 0 Å². The van der Waals surface area contributed by atoms with Gasteiger partial charge in [-0.3, -0.25) is 4.79 Å². The van der Waals surface area contributed by atoms with Crippen molar-refractivity contribution < 1.29 is 69.0 Å². The normalized spacial score (nSPS) is 27.4. The molecule has 0 aromatic rings. The predicted molar refractivity (Wildman–Crippen MR) is 247 cm³/mol. The molecule has 2 aliphatic heterocycles. The van der Waals surface area contributed by atoms with E-state index in [2.05, 4.69) is 68.5 Å². The Morgan fingerprint density at radius 3 is 1.58 bits per heavy atom. The molecule has 0 aliphatic carbocycles. The van der Waals surface area contributed by atoms with Gasteiger partial charge < -0.3 is 64.2 Å². The number of unbranched alkanes of at least 4 members (excludes halogenated alkanes) is 11. The van der Waals surface area contributed by atoms with Gasteiger partial charge >= 0.3 is 5.97 Å². The molecule has 14 heteroatoms. The smallest absolute Gasteiger partial charge is 0.310 e. The van der Waals surface area contributed by atoms with Gasteiger partial charge in [0, 0.05) is 6.61 Å². The van der Waals surface area contributed by atoms with E-state index >= 15 is 0 Å². The van der Waals surface area contributed by atoms with Crippen molar-refractivity contribution in [2.45, 2.75) is 203 Å². The molecule has 2 rings (SSSR count). The molecule has 14 nitrogen and oxygen atoms in total. The van der Waals surface area contributed by atoms with E-state index < -0.39 is 86.7 Å². The van der Waals surface area contributed by atoms with E-state index in [-0.39, 0.29) is 19.6 Å². The third kappa shape index (κ3) is 25.4. The summed E-state index contributed by atoms with van der Waals surface area (Å²) in [6.07, 6.45) is 28.5. The SMILES string of the molecule is CC/C=C\C/C=C\C/C=C\C/C=C\C/C=C\CC(=O)OC(COCCCCCCCC/C=C\CCCCCCC)COC1OC(COC2OC(CO)C(O)C(O)C2O)C(O)C(O)C1O. The highest BCUT2D eigenvalue weighted by molar-refractivity contribution is 5.71. The Hall–Kier alpha value is -2.57. The van der Waals surface area contributed by atoms with E-state index in [9.17, 15) is 40.5 Å². The highest BCUT2D eigenvalue weighted by Crippen LogP contribution is 2.26. The lowest BCUT2D eigenvalue weighted by atomic mass is 9.98. The molecule has 0 aromatic heterocycles. The van der Waals surface area contributed by atoms with Crippen molar-refractivity contribution in [1.82, 2.24) is 0 Å². The second-order valence-electron chi connectivity index (χ2n) is 16.6. The van der Waals surface area contributed by atoms with Gasteiger partial charge in [0.25, 0.3) is 0 Å². The molecular formula is C50H84O14. The number of rotatable bonds is 36. The summed E-state index contributed by atoms with van der Waals surface area (Å²) in [5.41, 5.74) is 0. The second-order valence-corrected chi connectivity index (χ2v) is 16.6. The zero-order chi connectivity index (χ0) is 46.6. The Labute approximate surface area is 383 Å². The van der Waals surface area contributed by atoms with Crippen LogP contribution in [0.1, 0.15) is 136 Å². The summed E-state index contributed by atoms with van der Waals surface area (Å²) in [6, 6.07) is 0. The Kier molecular flexibility index (Phi) is 33.7. The Balaban J connectivity index is 1.84. The maximum absolute atomic E-state index is 12.9. The van der Waals surface area contributed by atoms with Crippen LogP contribution >= 0.6 is 0 Å². The summed E-state index contributed by atoms with van der Waals surface area (Å²) in [6.45, 7) is 3.39. The van der Waals surface area contributed by atoms with E-state index in [1.807, 2.05) is 12.2 Å². The summed E-state index contributed by atoms with van der Waals surface area (Å²) in [7, 11) is 0. The van der Waals surface area contributed by atoms with Crippen LogP contribution in [-0.2, 0) is 33.2 Å². The lowest BCUT2D eigenvalue weighted by Crippen LogP contribution is -2.61. The molecule has 0 aromatic carbocycles. The van der Waals surface area contributed by atoms with Crippen molar-refractivity contribution in [1.29, 1.82) is 0 Å². The Morgan fingerprint density at radius 2 is 1.02 bits per heavy atom. The minimum absolute atomic E-state index is 0.0139. The van der Waals surface area contributed by atoms with Crippen LogP contribution in [0.2, 0.25) is 0 Å². The van der Waals surface area contributed by atoms with Crippen LogP contribution in [0.4, 0.5) is 0 Å². The standard InChI is InChI=1S/C50H84O14/c1-3-5-7-9-11-13-15-17-19-21-23-25-27-29-31-33-42(52)62-39(36-59-34-32-30-28-26-24-22-20-18-16-14-12-10-8-6-4-2)37-60-49-48(58)46(56)44(54)41(64-49)38-61-50-47(57)45(55)43(53)40(35-51)63-50/h5,7,11,13,16-19,23,25,29,31,39-41,43-51,53-58H,3-4,6,8-10,12,14-15,20-22,24,26-28,30,32-38H2,1-2H3/b7-5-,13-11-,18-16-,19-17-,25-23-,31-29-. The molecule has 2 heterocycles. The lowest BCUT2D eigenvalue weighted by Gasteiger charge is -2.42. The van der Waals surface area contributed by atoms with Crippen molar-refractivity contribution in [2.24, 2.45) is 0 Å². The van der Waals surface area contributed by atoms with Gasteiger partial charge in [-0.2, -0.15) is 0 Å². The van der Waals surface area contributed by atoms with Crippen molar-refractivity contribution >= 4 is 5.97 Å². The minimum Gasteiger partial charge on any atom is -0.457 e. The van der Waals surface area contributed by atoms with E-state index in [0.29, 0.717) is 13.0 Å². The van der Waals surface area contributed by atoms with Gasteiger partial charge in [0.2, 0.25) is 0 Å². The molecule has 0 spiro atoms. The number of carbonyl (C=O) groups is 1. The zero-order valence-electron chi connectivity index (χ0n) is 38.7. The van der Waals surface area contributed by atoms with Crippen LogP contribution in [0.15, 0.2) is 72.9 Å². The van der Waals surface area contributed by atoms with Gasteiger partial charge in [0.05, 0.1) is 32.8 Å². The van der Waals surface area contributed by atoms with Crippen molar-refractivity contribution in [3.63, 3.8) is 0 Å². The molecule has 64 heavy (non-hydrogen) atoms. The molecular weight excluding hydrogens is 825 g/mol. The number of ether oxygens (including phenoxy) is 6. The van der Waals surface area contributed by atoms with Crippen LogP contribution in [0.3, 0.4) is 0 Å². The van der Waals surface area contributed by atoms with Gasteiger partial charge in [-0.1, -0.05) is 138 Å². The number of esters is 1. The van der Waals surface area contributed by atoms with Crippen LogP contribution < -0.4 is 0 Å². The highest BCUT2D eigenvalue weighted by Gasteiger charge is 2.47. The summed E-state index contributed by atoms with van der Waals surface area (Å²) in [5, 5.41) is 72.0. The first kappa shape index (κ1) is 57.6. The van der Waals surface area contributed by atoms with Crippen molar-refractivity contribution in [2.75, 3.05) is 33.0 Å².